The lowest BCUT2D eigenvalue weighted by Gasteiger charge is -2.38. The second-order valence-electron chi connectivity index (χ2n) is 7.20. The molecule has 0 heterocycles. The maximum atomic E-state index is 11.7. The van der Waals surface area contributed by atoms with Gasteiger partial charge in [0.15, 0.2) is 0 Å². The Balaban J connectivity index is 2.80. The molecule has 118 valence electrons. The fourth-order valence-corrected chi connectivity index (χ4v) is 3.30. The number of carboxylic acids is 1. The van der Waals surface area contributed by atoms with Gasteiger partial charge in [0.05, 0.1) is 0 Å². The van der Waals surface area contributed by atoms with Crippen LogP contribution >= 0.6 is 0 Å². The average molecular weight is 284 g/mol. The number of carboxylic acid groups (broad SMARTS) is 1. The van der Waals surface area contributed by atoms with Crippen LogP contribution in [0.2, 0.25) is 0 Å². The highest BCUT2D eigenvalue weighted by Gasteiger charge is 2.37. The molecule has 1 atom stereocenters. The summed E-state index contributed by atoms with van der Waals surface area (Å²) in [6.45, 7) is 11.8. The lowest BCUT2D eigenvalue weighted by Crippen LogP contribution is -2.60. The van der Waals surface area contributed by atoms with Crippen LogP contribution in [0.3, 0.4) is 0 Å². The summed E-state index contributed by atoms with van der Waals surface area (Å²) in [6.07, 6.45) is 4.98. The molecule has 4 nitrogen and oxygen atoms in total. The van der Waals surface area contributed by atoms with Crippen molar-refractivity contribution in [3.8, 4) is 0 Å². The van der Waals surface area contributed by atoms with Crippen LogP contribution in [0, 0.1) is 5.92 Å². The normalized spacial score (nSPS) is 20.0. The Labute approximate surface area is 123 Å². The van der Waals surface area contributed by atoms with E-state index in [9.17, 15) is 9.90 Å². The lowest BCUT2D eigenvalue weighted by molar-refractivity contribution is -0.145. The second kappa shape index (κ2) is 7.41. The van der Waals surface area contributed by atoms with E-state index in [0.717, 1.165) is 6.54 Å². The van der Waals surface area contributed by atoms with Crippen LogP contribution in [0.25, 0.3) is 0 Å². The van der Waals surface area contributed by atoms with Crippen molar-refractivity contribution in [2.75, 3.05) is 13.1 Å². The number of nitrogens with zero attached hydrogens (tertiary/aromatic N) is 1. The zero-order valence-corrected chi connectivity index (χ0v) is 13.8. The summed E-state index contributed by atoms with van der Waals surface area (Å²) in [5.74, 6) is -0.189. The minimum Gasteiger partial charge on any atom is -0.480 e. The molecular weight excluding hydrogens is 252 g/mol. The van der Waals surface area contributed by atoms with Crippen molar-refractivity contribution in [1.29, 1.82) is 0 Å². The van der Waals surface area contributed by atoms with E-state index in [4.69, 9.17) is 0 Å². The second-order valence-corrected chi connectivity index (χ2v) is 7.20. The molecule has 1 aliphatic rings. The molecule has 0 aromatic heterocycles. The van der Waals surface area contributed by atoms with E-state index in [1.54, 1.807) is 0 Å². The molecule has 0 aromatic carbocycles. The molecule has 0 aromatic rings. The van der Waals surface area contributed by atoms with Crippen LogP contribution in [0.1, 0.15) is 60.3 Å². The molecule has 0 saturated heterocycles. The van der Waals surface area contributed by atoms with Gasteiger partial charge in [-0.1, -0.05) is 26.7 Å². The first-order chi connectivity index (χ1) is 9.24. The maximum absolute atomic E-state index is 11.7. The Morgan fingerprint density at radius 3 is 2.25 bits per heavy atom. The maximum Gasteiger partial charge on any atom is 0.324 e. The van der Waals surface area contributed by atoms with E-state index in [1.807, 2.05) is 20.8 Å². The molecule has 2 N–H and O–H groups in total. The highest BCUT2D eigenvalue weighted by atomic mass is 16.4. The zero-order valence-electron chi connectivity index (χ0n) is 13.8. The predicted octanol–water partition coefficient (Wildman–Crippen LogP) is 2.73. The van der Waals surface area contributed by atoms with Crippen molar-refractivity contribution < 1.29 is 9.90 Å². The van der Waals surface area contributed by atoms with E-state index in [2.05, 4.69) is 24.1 Å². The van der Waals surface area contributed by atoms with Crippen molar-refractivity contribution in [3.05, 3.63) is 0 Å². The highest BCUT2D eigenvalue weighted by Crippen LogP contribution is 2.26. The molecule has 0 radical (unpaired) electrons. The van der Waals surface area contributed by atoms with Gasteiger partial charge in [-0.25, -0.2) is 0 Å². The summed E-state index contributed by atoms with van der Waals surface area (Å²) in [5.41, 5.74) is -0.869. The van der Waals surface area contributed by atoms with E-state index in [1.165, 1.54) is 25.7 Å². The topological polar surface area (TPSA) is 52.6 Å². The van der Waals surface area contributed by atoms with Crippen LogP contribution in [-0.2, 0) is 4.79 Å². The first-order valence-corrected chi connectivity index (χ1v) is 7.99. The van der Waals surface area contributed by atoms with E-state index in [0.29, 0.717) is 18.5 Å². The van der Waals surface area contributed by atoms with Crippen molar-refractivity contribution in [2.45, 2.75) is 77.9 Å². The van der Waals surface area contributed by atoms with Gasteiger partial charge in [-0.15, -0.1) is 0 Å². The predicted molar refractivity (Wildman–Crippen MR) is 83.0 cm³/mol. The third kappa shape index (κ3) is 5.06. The fraction of sp³-hybridized carbons (Fsp3) is 0.938. The van der Waals surface area contributed by atoms with Crippen LogP contribution in [0.15, 0.2) is 0 Å². The first kappa shape index (κ1) is 17.4. The molecule has 0 aliphatic heterocycles. The van der Waals surface area contributed by atoms with Gasteiger partial charge in [0.2, 0.25) is 0 Å². The fourth-order valence-electron chi connectivity index (χ4n) is 3.30. The molecule has 0 bridgehead atoms. The highest BCUT2D eigenvalue weighted by molar-refractivity contribution is 5.78. The van der Waals surface area contributed by atoms with Crippen LogP contribution in [-0.4, -0.2) is 46.7 Å². The van der Waals surface area contributed by atoms with Gasteiger partial charge < -0.3 is 5.11 Å². The molecule has 1 rings (SSSR count). The van der Waals surface area contributed by atoms with Gasteiger partial charge in [0.1, 0.15) is 5.54 Å². The molecule has 0 amide bonds. The quantitative estimate of drug-likeness (QED) is 0.719. The van der Waals surface area contributed by atoms with Crippen LogP contribution in [0.5, 0.6) is 0 Å². The van der Waals surface area contributed by atoms with Gasteiger partial charge in [-0.2, -0.15) is 0 Å². The Bertz CT molecular complexity index is 312. The number of hydrogen-bond donors (Lipinski definition) is 2. The Morgan fingerprint density at radius 1 is 1.30 bits per heavy atom. The number of nitrogens with one attached hydrogen (secondary N) is 1. The minimum absolute atomic E-state index is 0.167. The monoisotopic (exact) mass is 284 g/mol. The van der Waals surface area contributed by atoms with E-state index >= 15 is 0 Å². The number of aliphatic carboxylic acids is 1. The van der Waals surface area contributed by atoms with Gasteiger partial charge in [0.25, 0.3) is 0 Å². The summed E-state index contributed by atoms with van der Waals surface area (Å²) in [7, 11) is 0. The summed E-state index contributed by atoms with van der Waals surface area (Å²) in [5, 5.41) is 12.9. The largest absolute Gasteiger partial charge is 0.480 e. The number of carbonyl (C=O) groups is 1. The summed E-state index contributed by atoms with van der Waals surface area (Å²) in [6, 6.07) is 0.727. The SMILES string of the molecule is CC(C)CN(CC(C)(NC(C)C)C(=O)O)C1CCCC1. The van der Waals surface area contributed by atoms with E-state index < -0.39 is 11.5 Å². The Morgan fingerprint density at radius 2 is 1.85 bits per heavy atom. The molecular formula is C16H32N2O2. The van der Waals surface area contributed by atoms with Gasteiger partial charge in [-0.3, -0.25) is 15.0 Å². The van der Waals surface area contributed by atoms with Gasteiger partial charge in [0, 0.05) is 25.2 Å². The molecule has 20 heavy (non-hydrogen) atoms. The molecule has 0 spiro atoms. The number of hydrogen-bond acceptors (Lipinski definition) is 3. The first-order valence-electron chi connectivity index (χ1n) is 7.99. The third-order valence-electron chi connectivity index (χ3n) is 4.04. The lowest BCUT2D eigenvalue weighted by atomic mass is 9.98. The minimum atomic E-state index is -0.869. The molecule has 4 heteroatoms. The summed E-state index contributed by atoms with van der Waals surface area (Å²) >= 11 is 0. The van der Waals surface area contributed by atoms with Gasteiger partial charge in [-0.05, 0) is 39.5 Å². The summed E-state index contributed by atoms with van der Waals surface area (Å²) < 4.78 is 0. The van der Waals surface area contributed by atoms with Crippen LogP contribution in [0.4, 0.5) is 0 Å². The van der Waals surface area contributed by atoms with Crippen molar-refractivity contribution >= 4 is 5.97 Å². The van der Waals surface area contributed by atoms with Crippen molar-refractivity contribution in [2.24, 2.45) is 5.92 Å². The van der Waals surface area contributed by atoms with Crippen LogP contribution < -0.4 is 5.32 Å². The van der Waals surface area contributed by atoms with Crippen molar-refractivity contribution in [3.63, 3.8) is 0 Å². The Kier molecular flexibility index (Phi) is 6.46. The van der Waals surface area contributed by atoms with E-state index in [-0.39, 0.29) is 6.04 Å². The molecule has 1 fully saturated rings. The molecule has 1 unspecified atom stereocenters. The smallest absolute Gasteiger partial charge is 0.324 e. The van der Waals surface area contributed by atoms with Crippen molar-refractivity contribution in [1.82, 2.24) is 10.2 Å². The standard InChI is InChI=1S/C16H32N2O2/c1-12(2)10-18(14-8-6-7-9-14)11-16(5,15(19)20)17-13(3)4/h12-14,17H,6-11H2,1-5H3,(H,19,20). The third-order valence-corrected chi connectivity index (χ3v) is 4.04. The average Bonchev–Trinajstić information content (AvgIpc) is 2.79. The molecule has 1 aliphatic carbocycles. The van der Waals surface area contributed by atoms with Gasteiger partial charge >= 0.3 is 5.97 Å². The molecule has 1 saturated carbocycles. The summed E-state index contributed by atoms with van der Waals surface area (Å²) in [4.78, 5) is 14.1. The Hall–Kier alpha value is -0.610. The zero-order chi connectivity index (χ0) is 15.3. The number of rotatable bonds is 8.